The molecule has 3 rings (SSSR count). The lowest BCUT2D eigenvalue weighted by Gasteiger charge is -2.29. The maximum absolute atomic E-state index is 13.8. The Kier molecular flexibility index (Phi) is 9.99. The summed E-state index contributed by atoms with van der Waals surface area (Å²) in [7, 11) is 1.83. The van der Waals surface area contributed by atoms with Crippen molar-refractivity contribution < 1.29 is 23.8 Å². The molecule has 34 heavy (non-hydrogen) atoms. The van der Waals surface area contributed by atoms with Crippen LogP contribution in [0.2, 0.25) is 0 Å². The van der Waals surface area contributed by atoms with Crippen molar-refractivity contribution in [3.8, 4) is 0 Å². The monoisotopic (exact) mass is 605 g/mol. The molecule has 1 saturated heterocycles. The molecule has 3 heterocycles. The standard InChI is InChI=1S/C22H33IN5O5P/c1-4-6-8-14(17(30)22(9-7-5-2)32-12-13-33-22)16(29)20-25-19(27-34-23)15-18(24)31-11-10-28(3)21(15)26-20/h14,24,34H,4-13H2,1-3H3,(H,25,26,27). The average Bonchev–Trinajstić information content (AvgIpc) is 3.26. The van der Waals surface area contributed by atoms with Gasteiger partial charge in [-0.05, 0) is 34.9 Å². The Balaban J connectivity index is 2.03. The molecule has 0 amide bonds. The number of aromatic nitrogens is 2. The highest BCUT2D eigenvalue weighted by Gasteiger charge is 2.49. The van der Waals surface area contributed by atoms with Crippen molar-refractivity contribution in [1.82, 2.24) is 9.97 Å². The molecule has 2 aliphatic heterocycles. The lowest BCUT2D eigenvalue weighted by molar-refractivity contribution is -0.186. The van der Waals surface area contributed by atoms with E-state index in [0.29, 0.717) is 62.8 Å². The number of likely N-dealkylation sites (N-methyl/N-ethyl adjacent to an activating group) is 1. The highest BCUT2D eigenvalue weighted by atomic mass is 127. The highest BCUT2D eigenvalue weighted by molar-refractivity contribution is 14.2. The predicted octanol–water partition coefficient (Wildman–Crippen LogP) is 4.12. The molecule has 0 bridgehead atoms. The number of carbonyl (C=O) groups excluding carboxylic acids is 2. The van der Waals surface area contributed by atoms with E-state index in [1.807, 2.05) is 25.8 Å². The quantitative estimate of drug-likeness (QED) is 0.157. The minimum absolute atomic E-state index is 0.0413. The number of nitrogens with one attached hydrogen (secondary N) is 2. The van der Waals surface area contributed by atoms with Crippen LogP contribution < -0.4 is 9.99 Å². The van der Waals surface area contributed by atoms with E-state index in [9.17, 15) is 9.59 Å². The number of anilines is 2. The van der Waals surface area contributed by atoms with E-state index in [0.717, 1.165) is 19.3 Å². The molecule has 0 spiro atoms. The number of nitrogens with zero attached hydrogens (tertiary/aromatic N) is 3. The van der Waals surface area contributed by atoms with Crippen LogP contribution in [0.1, 0.15) is 68.6 Å². The molecular formula is C22H33IN5O5P. The smallest absolute Gasteiger partial charge is 0.229 e. The summed E-state index contributed by atoms with van der Waals surface area (Å²) in [5, 5.41) is 11.4. The van der Waals surface area contributed by atoms with Crippen molar-refractivity contribution in [2.75, 3.05) is 43.4 Å². The number of unbranched alkanes of at least 4 members (excludes halogenated alkanes) is 2. The molecule has 0 saturated carbocycles. The Labute approximate surface area is 215 Å². The number of Topliss-reactive ketones (excluding diaryl/α,β-unsaturated/α-hetero) is 2. The zero-order chi connectivity index (χ0) is 24.7. The normalized spacial score (nSPS) is 18.5. The molecule has 12 heteroatoms. The van der Waals surface area contributed by atoms with Gasteiger partial charge in [-0.25, -0.2) is 9.97 Å². The Bertz CT molecular complexity index is 912. The number of halogens is 1. The third kappa shape index (κ3) is 5.85. The minimum Gasteiger partial charge on any atom is -0.476 e. The Morgan fingerprint density at radius 3 is 2.56 bits per heavy atom. The van der Waals surface area contributed by atoms with E-state index >= 15 is 0 Å². The predicted molar refractivity (Wildman–Crippen MR) is 141 cm³/mol. The van der Waals surface area contributed by atoms with Crippen molar-refractivity contribution >= 4 is 57.5 Å². The van der Waals surface area contributed by atoms with E-state index in [1.54, 1.807) is 0 Å². The summed E-state index contributed by atoms with van der Waals surface area (Å²) in [6.45, 7) is 5.55. The highest BCUT2D eigenvalue weighted by Crippen LogP contribution is 2.35. The molecule has 0 aliphatic carbocycles. The van der Waals surface area contributed by atoms with Crippen molar-refractivity contribution in [2.24, 2.45) is 5.92 Å². The molecule has 1 aromatic rings. The summed E-state index contributed by atoms with van der Waals surface area (Å²) in [4.78, 5) is 38.4. The summed E-state index contributed by atoms with van der Waals surface area (Å²) in [5.41, 5.74) is 0.416. The van der Waals surface area contributed by atoms with Gasteiger partial charge in [-0.1, -0.05) is 33.1 Å². The van der Waals surface area contributed by atoms with Crippen molar-refractivity contribution in [2.45, 2.75) is 58.2 Å². The van der Waals surface area contributed by atoms with Gasteiger partial charge in [0.25, 0.3) is 0 Å². The van der Waals surface area contributed by atoms with Gasteiger partial charge in [0.1, 0.15) is 23.8 Å². The second-order valence-corrected chi connectivity index (χ2v) is 10.4. The molecule has 2 unspecified atom stereocenters. The summed E-state index contributed by atoms with van der Waals surface area (Å²) < 4.78 is 17.1. The third-order valence-electron chi connectivity index (χ3n) is 6.01. The average molecular weight is 605 g/mol. The number of fused-ring (bicyclic) bond motifs is 1. The van der Waals surface area contributed by atoms with Gasteiger partial charge in [-0.15, -0.1) is 0 Å². The first kappa shape index (κ1) is 27.2. The van der Waals surface area contributed by atoms with Crippen LogP contribution >= 0.6 is 28.4 Å². The van der Waals surface area contributed by atoms with E-state index in [2.05, 4.69) is 37.1 Å². The molecular weight excluding hydrogens is 572 g/mol. The number of hydrogen-bond acceptors (Lipinski definition) is 10. The first-order chi connectivity index (χ1) is 16.4. The van der Waals surface area contributed by atoms with Gasteiger partial charge in [0.15, 0.2) is 0 Å². The molecule has 2 atom stereocenters. The molecule has 188 valence electrons. The second kappa shape index (κ2) is 12.5. The molecule has 1 aromatic heterocycles. The fourth-order valence-electron chi connectivity index (χ4n) is 4.13. The van der Waals surface area contributed by atoms with Crippen LogP contribution in [0.15, 0.2) is 0 Å². The summed E-state index contributed by atoms with van der Waals surface area (Å²) in [5.74, 6) is -2.42. The molecule has 2 aliphatic rings. The van der Waals surface area contributed by atoms with E-state index in [-0.39, 0.29) is 23.9 Å². The molecule has 0 radical (unpaired) electrons. The zero-order valence-electron chi connectivity index (χ0n) is 19.9. The van der Waals surface area contributed by atoms with E-state index in [4.69, 9.17) is 19.6 Å². The van der Waals surface area contributed by atoms with Gasteiger partial charge < -0.3 is 24.2 Å². The fourth-order valence-corrected chi connectivity index (χ4v) is 5.16. The van der Waals surface area contributed by atoms with Crippen LogP contribution in [0.25, 0.3) is 0 Å². The molecule has 2 N–H and O–H groups in total. The lowest BCUT2D eigenvalue weighted by atomic mass is 9.86. The number of carbonyl (C=O) groups is 2. The van der Waals surface area contributed by atoms with Crippen molar-refractivity contribution in [3.05, 3.63) is 11.4 Å². The van der Waals surface area contributed by atoms with Crippen LogP contribution in [0.3, 0.4) is 0 Å². The Morgan fingerprint density at radius 1 is 1.21 bits per heavy atom. The second-order valence-electron chi connectivity index (χ2n) is 8.39. The summed E-state index contributed by atoms with van der Waals surface area (Å²) >= 11 is 2.16. The van der Waals surface area contributed by atoms with Gasteiger partial charge in [-0.2, -0.15) is 0 Å². The van der Waals surface area contributed by atoms with Crippen molar-refractivity contribution in [1.29, 1.82) is 5.41 Å². The summed E-state index contributed by atoms with van der Waals surface area (Å²) in [6, 6.07) is 0. The van der Waals surface area contributed by atoms with E-state index < -0.39 is 17.5 Å². The molecule has 1 fully saturated rings. The first-order valence-corrected chi connectivity index (χ1v) is 15.8. The van der Waals surface area contributed by atoms with E-state index in [1.165, 1.54) is 0 Å². The number of rotatable bonds is 12. The topological polar surface area (TPSA) is 127 Å². The van der Waals surface area contributed by atoms with Gasteiger partial charge in [0, 0.05) is 19.8 Å². The Hall–Kier alpha value is -1.43. The zero-order valence-corrected chi connectivity index (χ0v) is 23.1. The summed E-state index contributed by atoms with van der Waals surface area (Å²) in [6.07, 6.45) is 4.24. The lowest BCUT2D eigenvalue weighted by Crippen LogP contribution is -2.46. The first-order valence-electron chi connectivity index (χ1n) is 11.7. The van der Waals surface area contributed by atoms with Gasteiger partial charge >= 0.3 is 0 Å². The maximum Gasteiger partial charge on any atom is 0.229 e. The van der Waals surface area contributed by atoms with Crippen LogP contribution in [0, 0.1) is 11.3 Å². The van der Waals surface area contributed by atoms with Crippen LogP contribution in [-0.2, 0) is 19.0 Å². The Morgan fingerprint density at radius 2 is 1.91 bits per heavy atom. The van der Waals surface area contributed by atoms with Gasteiger partial charge in [-0.3, -0.25) is 15.0 Å². The number of ketones is 2. The third-order valence-corrected chi connectivity index (χ3v) is 7.15. The van der Waals surface area contributed by atoms with Gasteiger partial charge in [0.05, 0.1) is 25.7 Å². The minimum atomic E-state index is -1.38. The van der Waals surface area contributed by atoms with Crippen molar-refractivity contribution in [3.63, 3.8) is 0 Å². The maximum atomic E-state index is 13.8. The number of ether oxygens (including phenoxy) is 3. The largest absolute Gasteiger partial charge is 0.476 e. The van der Waals surface area contributed by atoms with Crippen LogP contribution in [0.5, 0.6) is 0 Å². The number of hydrogen-bond donors (Lipinski definition) is 2. The molecule has 0 aromatic carbocycles. The van der Waals surface area contributed by atoms with Crippen LogP contribution in [0.4, 0.5) is 11.6 Å². The fraction of sp³-hybridized carbons (Fsp3) is 0.682. The molecule has 10 nitrogen and oxygen atoms in total. The SMILES string of the molecule is CCCCC(C(=O)c1nc(NPI)c2c(n1)N(C)CCOC2=N)C(=O)C1(CCCC)OCCO1. The van der Waals surface area contributed by atoms with Crippen LogP contribution in [-0.4, -0.2) is 66.6 Å². The van der Waals surface area contributed by atoms with Gasteiger partial charge in [0.2, 0.25) is 29.1 Å².